The second-order valence-electron chi connectivity index (χ2n) is 14.3. The van der Waals surface area contributed by atoms with Gasteiger partial charge >= 0.3 is 0 Å². The fraction of sp³-hybridized carbons (Fsp3) is 0.667. The molecule has 6 unspecified atom stereocenters. The third kappa shape index (κ3) is 9.79. The van der Waals surface area contributed by atoms with Crippen LogP contribution in [-0.4, -0.2) is 79.2 Å². The summed E-state index contributed by atoms with van der Waals surface area (Å²) in [6.07, 6.45) is 19.0. The fourth-order valence-corrected chi connectivity index (χ4v) is 8.12. The molecule has 7 N–H and O–H groups in total. The lowest BCUT2D eigenvalue weighted by Gasteiger charge is -2.24. The zero-order chi connectivity index (χ0) is 33.9. The van der Waals surface area contributed by atoms with E-state index in [-0.39, 0.29) is 30.6 Å². The minimum atomic E-state index is -0.362. The molecule has 0 amide bonds. The standard InChI is InChI=1S/C39H60N4O5/c1-26(45)22-42-23-33-31-10-8-9-28(31)14-16-34-32(33)21-35(43-34)36(41-2)25-47-39-19-27(13-17-37(39)46)12-15-30-20-29(24-44)38(48-30)11-6-4-3-5-7-18-40/h13,17,19-21,26,28,31,33,36,38,41-42,44-46H,3-12,14-16,18,22-25,40H2,1-2H3. The largest absolute Gasteiger partial charge is 0.504 e. The van der Waals surface area contributed by atoms with Crippen molar-refractivity contribution in [2.24, 2.45) is 28.5 Å². The maximum atomic E-state index is 10.7. The van der Waals surface area contributed by atoms with Crippen molar-refractivity contribution >= 4 is 5.71 Å². The lowest BCUT2D eigenvalue weighted by atomic mass is 9.80. The number of aryl methyl sites for hydroxylation is 1. The first-order valence-corrected chi connectivity index (χ1v) is 18.6. The zero-order valence-electron chi connectivity index (χ0n) is 29.3. The van der Waals surface area contributed by atoms with Crippen molar-refractivity contribution in [3.63, 3.8) is 0 Å². The monoisotopic (exact) mass is 664 g/mol. The molecule has 1 aromatic carbocycles. The summed E-state index contributed by atoms with van der Waals surface area (Å²) in [5.74, 6) is 2.41. The summed E-state index contributed by atoms with van der Waals surface area (Å²) in [5, 5.41) is 37.3. The number of ether oxygens (including phenoxy) is 2. The van der Waals surface area contributed by atoms with E-state index in [2.05, 4.69) is 16.7 Å². The Morgan fingerprint density at radius 1 is 1.17 bits per heavy atom. The predicted octanol–water partition coefficient (Wildman–Crippen LogP) is 5.15. The Hall–Kier alpha value is -2.53. The van der Waals surface area contributed by atoms with E-state index in [1.54, 1.807) is 6.07 Å². The zero-order valence-corrected chi connectivity index (χ0v) is 29.3. The highest BCUT2D eigenvalue weighted by atomic mass is 16.5. The van der Waals surface area contributed by atoms with E-state index in [1.807, 2.05) is 32.2 Å². The van der Waals surface area contributed by atoms with Gasteiger partial charge < -0.3 is 35.8 Å². The van der Waals surface area contributed by atoms with E-state index in [1.165, 1.54) is 49.8 Å². The number of fused-ring (bicyclic) bond motifs is 2. The van der Waals surface area contributed by atoms with Crippen LogP contribution in [0, 0.1) is 29.9 Å². The Bertz CT molecular complexity index is 1250. The SMILES string of the molecule is CNC(COc1cc(CC[C-]2C=C(CO)C(CCCCCCCN)O2)ccc1O)[C+]1C=C2C(=N1)CCC1CCCC1C2CNCC(C)O. The molecular formula is C39H60N4O5. The van der Waals surface area contributed by atoms with E-state index < -0.39 is 0 Å². The van der Waals surface area contributed by atoms with E-state index in [0.717, 1.165) is 87.2 Å². The maximum absolute atomic E-state index is 10.7. The number of nitrogens with zero attached hydrogens (tertiary/aromatic N) is 1. The van der Waals surface area contributed by atoms with Crippen LogP contribution in [0.3, 0.4) is 0 Å². The third-order valence-electron chi connectivity index (χ3n) is 10.8. The van der Waals surface area contributed by atoms with E-state index >= 15 is 0 Å². The van der Waals surface area contributed by atoms with Crippen LogP contribution in [0.1, 0.15) is 89.5 Å². The van der Waals surface area contributed by atoms with E-state index in [9.17, 15) is 15.3 Å². The number of aliphatic hydroxyl groups excluding tert-OH is 2. The van der Waals surface area contributed by atoms with E-state index in [4.69, 9.17) is 20.2 Å². The van der Waals surface area contributed by atoms with Crippen LogP contribution < -0.4 is 21.1 Å². The van der Waals surface area contributed by atoms with Crippen LogP contribution in [0.2, 0.25) is 0 Å². The highest BCUT2D eigenvalue weighted by Gasteiger charge is 2.47. The molecule has 0 radical (unpaired) electrons. The molecule has 5 rings (SSSR count). The molecule has 2 aliphatic carbocycles. The first-order chi connectivity index (χ1) is 23.4. The molecule has 0 bridgehead atoms. The van der Waals surface area contributed by atoms with Crippen LogP contribution >= 0.6 is 0 Å². The molecule has 266 valence electrons. The Morgan fingerprint density at radius 2 is 2.00 bits per heavy atom. The molecule has 6 atom stereocenters. The van der Waals surface area contributed by atoms with Crippen LogP contribution in [0.4, 0.5) is 0 Å². The molecule has 48 heavy (non-hydrogen) atoms. The quantitative estimate of drug-likeness (QED) is 0.0831. The molecule has 9 heteroatoms. The highest BCUT2D eigenvalue weighted by molar-refractivity contribution is 6.04. The van der Waals surface area contributed by atoms with Gasteiger partial charge in [0.05, 0.1) is 18.1 Å². The summed E-state index contributed by atoms with van der Waals surface area (Å²) in [6.45, 7) is 4.42. The van der Waals surface area contributed by atoms with Gasteiger partial charge in [-0.2, -0.15) is 11.6 Å². The number of likely N-dealkylation sites (N-methyl/N-ethyl adjacent to an activating group) is 1. The summed E-state index contributed by atoms with van der Waals surface area (Å²) in [7, 11) is 1.93. The number of hydrogen-bond donors (Lipinski definition) is 6. The van der Waals surface area contributed by atoms with Crippen LogP contribution in [-0.2, 0) is 11.2 Å². The molecule has 0 saturated heterocycles. The summed E-state index contributed by atoms with van der Waals surface area (Å²) in [6, 6.07) is 6.42. The first-order valence-electron chi connectivity index (χ1n) is 18.6. The smallest absolute Gasteiger partial charge is 0.189 e. The average Bonchev–Trinajstić information content (AvgIpc) is 3.81. The van der Waals surface area contributed by atoms with Gasteiger partial charge in [0.15, 0.2) is 23.3 Å². The number of unbranched alkanes of at least 4 members (excludes halogenated alkanes) is 4. The van der Waals surface area contributed by atoms with Crippen molar-refractivity contribution in [3.8, 4) is 11.5 Å². The van der Waals surface area contributed by atoms with Gasteiger partial charge in [-0.25, -0.2) is 0 Å². The molecule has 2 heterocycles. The van der Waals surface area contributed by atoms with Gasteiger partial charge in [-0.15, -0.1) is 4.99 Å². The minimum Gasteiger partial charge on any atom is -0.504 e. The molecule has 4 aliphatic rings. The molecule has 2 fully saturated rings. The number of benzene rings is 1. The summed E-state index contributed by atoms with van der Waals surface area (Å²) >= 11 is 0. The Morgan fingerprint density at radius 3 is 2.79 bits per heavy atom. The van der Waals surface area contributed by atoms with Crippen molar-refractivity contribution in [2.45, 2.75) is 109 Å². The van der Waals surface area contributed by atoms with Gasteiger partial charge in [0.25, 0.3) is 0 Å². The van der Waals surface area contributed by atoms with Gasteiger partial charge in [0, 0.05) is 32.2 Å². The summed E-state index contributed by atoms with van der Waals surface area (Å²) in [4.78, 5) is 5.16. The Labute approximate surface area is 288 Å². The number of phenols is 1. The van der Waals surface area contributed by atoms with Crippen molar-refractivity contribution < 1.29 is 24.8 Å². The first kappa shape index (κ1) is 36.7. The minimum absolute atomic E-state index is 0.0219. The second kappa shape index (κ2) is 18.5. The number of phenolic OH excluding ortho intramolecular Hbond substituents is 1. The number of rotatable bonds is 20. The van der Waals surface area contributed by atoms with Gasteiger partial charge in [-0.3, -0.25) is 5.32 Å². The second-order valence-corrected chi connectivity index (χ2v) is 14.3. The molecule has 2 aliphatic heterocycles. The molecule has 0 aromatic heterocycles. The van der Waals surface area contributed by atoms with Crippen molar-refractivity contribution in [1.82, 2.24) is 10.6 Å². The number of aliphatic hydroxyl groups is 2. The number of nitrogens with one attached hydrogen (secondary N) is 2. The third-order valence-corrected chi connectivity index (χ3v) is 10.8. The van der Waals surface area contributed by atoms with Crippen LogP contribution in [0.25, 0.3) is 0 Å². The molecule has 0 spiro atoms. The average molecular weight is 665 g/mol. The molecule has 1 aromatic rings. The summed E-state index contributed by atoms with van der Waals surface area (Å²) in [5.41, 5.74) is 10.2. The topological polar surface area (TPSA) is 142 Å². The molecule has 9 nitrogen and oxygen atoms in total. The van der Waals surface area contributed by atoms with Crippen molar-refractivity contribution in [1.29, 1.82) is 0 Å². The number of hydrogen-bond acceptors (Lipinski definition) is 9. The Kier molecular flexibility index (Phi) is 14.1. The normalized spacial score (nSPS) is 24.9. The number of nitrogens with two attached hydrogens (primary N) is 1. The fourth-order valence-electron chi connectivity index (χ4n) is 8.12. The van der Waals surface area contributed by atoms with E-state index in [0.29, 0.717) is 30.7 Å². The van der Waals surface area contributed by atoms with Crippen molar-refractivity contribution in [3.05, 3.63) is 59.2 Å². The van der Waals surface area contributed by atoms with Gasteiger partial charge in [0.2, 0.25) is 0 Å². The lowest BCUT2D eigenvalue weighted by molar-refractivity contribution is 0.102. The van der Waals surface area contributed by atoms with Gasteiger partial charge in [-0.1, -0.05) is 57.1 Å². The Balaban J connectivity index is 1.15. The number of aromatic hydroxyl groups is 1. The highest BCUT2D eigenvalue weighted by Crippen LogP contribution is 2.47. The molecular weight excluding hydrogens is 604 g/mol. The number of aliphatic imine (C=N–C) groups is 1. The lowest BCUT2D eigenvalue weighted by Crippen LogP contribution is -2.36. The predicted molar refractivity (Wildman–Crippen MR) is 192 cm³/mol. The van der Waals surface area contributed by atoms with Crippen LogP contribution in [0.5, 0.6) is 11.5 Å². The van der Waals surface area contributed by atoms with Crippen LogP contribution in [0.15, 0.2) is 46.5 Å². The van der Waals surface area contributed by atoms with Crippen molar-refractivity contribution in [2.75, 3.05) is 39.9 Å². The summed E-state index contributed by atoms with van der Waals surface area (Å²) < 4.78 is 12.5. The van der Waals surface area contributed by atoms with Gasteiger partial charge in [0.1, 0.15) is 18.2 Å². The maximum Gasteiger partial charge on any atom is 0.189 e. The molecule has 2 saturated carbocycles. The van der Waals surface area contributed by atoms with Gasteiger partial charge in [-0.05, 0) is 82.2 Å².